The van der Waals surface area contributed by atoms with Gasteiger partial charge in [0.05, 0.1) is 22.9 Å². The lowest BCUT2D eigenvalue weighted by Crippen LogP contribution is -2.48. The van der Waals surface area contributed by atoms with Crippen LogP contribution >= 0.6 is 11.6 Å². The summed E-state index contributed by atoms with van der Waals surface area (Å²) in [6, 6.07) is 25.5. The third-order valence-corrected chi connectivity index (χ3v) is 6.20. The molecule has 0 aliphatic carbocycles. The van der Waals surface area contributed by atoms with E-state index in [4.69, 9.17) is 16.3 Å². The summed E-state index contributed by atoms with van der Waals surface area (Å²) in [6.07, 6.45) is -0.517. The van der Waals surface area contributed by atoms with Crippen molar-refractivity contribution in [3.63, 3.8) is 0 Å². The Morgan fingerprint density at radius 1 is 1.03 bits per heavy atom. The summed E-state index contributed by atoms with van der Waals surface area (Å²) in [6.45, 7) is 7.79. The van der Waals surface area contributed by atoms with Gasteiger partial charge in [0.15, 0.2) is 0 Å². The number of anilines is 1. The summed E-state index contributed by atoms with van der Waals surface area (Å²) in [5.74, 6) is 0.675. The highest BCUT2D eigenvalue weighted by Gasteiger charge is 2.29. The molecule has 168 valence electrons. The molecular weight excluding hydrogens is 420 g/mol. The number of piperazine rings is 1. The zero-order valence-corrected chi connectivity index (χ0v) is 19.5. The maximum absolute atomic E-state index is 9.48. The first-order valence-corrected chi connectivity index (χ1v) is 11.6. The normalized spacial score (nSPS) is 17.9. The Bertz CT molecular complexity index is 1010. The second-order valence-corrected chi connectivity index (χ2v) is 9.02. The third-order valence-electron chi connectivity index (χ3n) is 5.90. The topological polar surface area (TPSA) is 35.9 Å². The molecule has 1 fully saturated rings. The number of hydrogen-bond donors (Lipinski definition) is 1. The molecule has 0 saturated carbocycles. The van der Waals surface area contributed by atoms with Crippen molar-refractivity contribution in [3.05, 3.63) is 94.5 Å². The zero-order chi connectivity index (χ0) is 22.5. The number of hydrogen-bond acceptors (Lipinski definition) is 4. The molecule has 1 N–H and O–H groups in total. The molecule has 0 aromatic heterocycles. The highest BCUT2D eigenvalue weighted by molar-refractivity contribution is 6.33. The van der Waals surface area contributed by atoms with Gasteiger partial charge in [-0.2, -0.15) is 0 Å². The van der Waals surface area contributed by atoms with Gasteiger partial charge >= 0.3 is 0 Å². The van der Waals surface area contributed by atoms with Gasteiger partial charge in [-0.15, -0.1) is 0 Å². The van der Waals surface area contributed by atoms with Crippen LogP contribution in [0.2, 0.25) is 5.02 Å². The van der Waals surface area contributed by atoms with E-state index in [0.717, 1.165) is 31.9 Å². The van der Waals surface area contributed by atoms with Crippen LogP contribution in [0.25, 0.3) is 0 Å². The minimum absolute atomic E-state index is 0.204. The quantitative estimate of drug-likeness (QED) is 0.517. The fourth-order valence-electron chi connectivity index (χ4n) is 4.21. The van der Waals surface area contributed by atoms with Gasteiger partial charge < -0.3 is 14.7 Å². The van der Waals surface area contributed by atoms with E-state index in [-0.39, 0.29) is 12.6 Å². The Hall–Kier alpha value is -2.53. The van der Waals surface area contributed by atoms with Gasteiger partial charge in [-0.25, -0.2) is 0 Å². The molecule has 1 saturated heterocycles. The lowest BCUT2D eigenvalue weighted by Gasteiger charge is -2.43. The summed E-state index contributed by atoms with van der Waals surface area (Å²) in [5.41, 5.74) is 4.90. The minimum atomic E-state index is -0.517. The van der Waals surface area contributed by atoms with E-state index in [2.05, 4.69) is 71.3 Å². The number of rotatable bonds is 7. The highest BCUT2D eigenvalue weighted by atomic mass is 35.5. The second kappa shape index (κ2) is 10.4. The van der Waals surface area contributed by atoms with Crippen LogP contribution in [0.5, 0.6) is 5.75 Å². The van der Waals surface area contributed by atoms with Crippen molar-refractivity contribution in [3.8, 4) is 5.75 Å². The van der Waals surface area contributed by atoms with Crippen LogP contribution in [0.15, 0.2) is 72.8 Å². The first kappa shape index (κ1) is 22.7. The maximum atomic E-state index is 9.48. The molecule has 0 bridgehead atoms. The van der Waals surface area contributed by atoms with Crippen molar-refractivity contribution in [1.29, 1.82) is 0 Å². The maximum Gasteiger partial charge on any atom is 0.121 e. The Kier molecular flexibility index (Phi) is 7.36. The van der Waals surface area contributed by atoms with E-state index in [1.807, 2.05) is 18.2 Å². The van der Waals surface area contributed by atoms with Gasteiger partial charge in [-0.1, -0.05) is 71.8 Å². The van der Waals surface area contributed by atoms with E-state index >= 15 is 0 Å². The van der Waals surface area contributed by atoms with Crippen LogP contribution < -0.4 is 9.64 Å². The number of aliphatic hydroxyl groups excluding tert-OH is 1. The SMILES string of the molecule is Cc1ccc([C@@H]2CN(Cc3ccccc3)CCN2c2ccc(OC[C@H](C)O)cc2Cl)cc1. The standard InChI is InChI=1S/C27H31ClN2O2/c1-20-8-10-23(11-9-20)27-18-29(17-22-6-4-3-5-7-22)14-15-30(27)26-13-12-24(16-25(26)28)32-19-21(2)31/h3-13,16,21,27,31H,14-15,17-19H2,1-2H3/t21-,27-/m0/s1. The van der Waals surface area contributed by atoms with E-state index in [1.165, 1.54) is 16.7 Å². The third kappa shape index (κ3) is 5.63. The number of benzene rings is 3. The lowest BCUT2D eigenvalue weighted by atomic mass is 9.99. The Balaban J connectivity index is 1.58. The molecule has 1 heterocycles. The number of aliphatic hydroxyl groups is 1. The molecule has 3 aromatic rings. The van der Waals surface area contributed by atoms with Crippen molar-refractivity contribution in [2.75, 3.05) is 31.1 Å². The molecule has 0 unspecified atom stereocenters. The van der Waals surface area contributed by atoms with E-state index in [9.17, 15) is 5.11 Å². The van der Waals surface area contributed by atoms with Crippen LogP contribution in [0, 0.1) is 6.92 Å². The first-order valence-electron chi connectivity index (χ1n) is 11.2. The molecule has 4 rings (SSSR count). The van der Waals surface area contributed by atoms with Crippen LogP contribution in [-0.4, -0.2) is 42.4 Å². The molecule has 32 heavy (non-hydrogen) atoms. The van der Waals surface area contributed by atoms with Gasteiger partial charge in [0.1, 0.15) is 12.4 Å². The van der Waals surface area contributed by atoms with Gasteiger partial charge in [0.2, 0.25) is 0 Å². The van der Waals surface area contributed by atoms with Crippen LogP contribution in [0.4, 0.5) is 5.69 Å². The first-order chi connectivity index (χ1) is 15.5. The van der Waals surface area contributed by atoms with Crippen LogP contribution in [0.3, 0.4) is 0 Å². The average Bonchev–Trinajstić information content (AvgIpc) is 2.79. The van der Waals surface area contributed by atoms with E-state index in [1.54, 1.807) is 6.92 Å². The second-order valence-electron chi connectivity index (χ2n) is 8.61. The summed E-state index contributed by atoms with van der Waals surface area (Å²) in [5, 5.41) is 10.1. The number of ether oxygens (including phenoxy) is 1. The smallest absolute Gasteiger partial charge is 0.121 e. The molecule has 4 nitrogen and oxygen atoms in total. The molecule has 2 atom stereocenters. The molecule has 0 radical (unpaired) electrons. The van der Waals surface area contributed by atoms with Crippen molar-refractivity contribution < 1.29 is 9.84 Å². The van der Waals surface area contributed by atoms with E-state index in [0.29, 0.717) is 10.8 Å². The molecule has 5 heteroatoms. The molecular formula is C27H31ClN2O2. The monoisotopic (exact) mass is 450 g/mol. The number of halogens is 1. The molecule has 1 aliphatic rings. The van der Waals surface area contributed by atoms with Crippen molar-refractivity contribution in [2.45, 2.75) is 32.5 Å². The predicted molar refractivity (Wildman–Crippen MR) is 132 cm³/mol. The van der Waals surface area contributed by atoms with E-state index < -0.39 is 6.10 Å². The van der Waals surface area contributed by atoms with Crippen molar-refractivity contribution in [1.82, 2.24) is 4.90 Å². The molecule has 3 aromatic carbocycles. The Labute approximate surface area is 196 Å². The van der Waals surface area contributed by atoms with Crippen LogP contribution in [0.1, 0.15) is 29.7 Å². The Morgan fingerprint density at radius 2 is 1.78 bits per heavy atom. The summed E-state index contributed by atoms with van der Waals surface area (Å²) >= 11 is 6.72. The van der Waals surface area contributed by atoms with Gasteiger partial charge in [0, 0.05) is 32.2 Å². The molecule has 1 aliphatic heterocycles. The summed E-state index contributed by atoms with van der Waals surface area (Å²) in [7, 11) is 0. The minimum Gasteiger partial charge on any atom is -0.491 e. The fourth-order valence-corrected chi connectivity index (χ4v) is 4.49. The summed E-state index contributed by atoms with van der Waals surface area (Å²) in [4.78, 5) is 4.93. The highest BCUT2D eigenvalue weighted by Crippen LogP contribution is 2.37. The van der Waals surface area contributed by atoms with Gasteiger partial charge in [-0.05, 0) is 37.1 Å². The lowest BCUT2D eigenvalue weighted by molar-refractivity contribution is 0.123. The fraction of sp³-hybridized carbons (Fsp3) is 0.333. The molecule has 0 amide bonds. The summed E-state index contributed by atoms with van der Waals surface area (Å²) < 4.78 is 5.64. The number of aryl methyl sites for hydroxylation is 1. The predicted octanol–water partition coefficient (Wildman–Crippen LogP) is 5.47. The van der Waals surface area contributed by atoms with Gasteiger partial charge in [-0.3, -0.25) is 4.90 Å². The van der Waals surface area contributed by atoms with Gasteiger partial charge in [0.25, 0.3) is 0 Å². The average molecular weight is 451 g/mol. The molecule has 0 spiro atoms. The van der Waals surface area contributed by atoms with Crippen molar-refractivity contribution in [2.24, 2.45) is 0 Å². The zero-order valence-electron chi connectivity index (χ0n) is 18.7. The number of nitrogens with zero attached hydrogens (tertiary/aromatic N) is 2. The largest absolute Gasteiger partial charge is 0.491 e. The Morgan fingerprint density at radius 3 is 2.47 bits per heavy atom. The van der Waals surface area contributed by atoms with Crippen molar-refractivity contribution >= 4 is 17.3 Å². The van der Waals surface area contributed by atoms with Crippen LogP contribution in [-0.2, 0) is 6.54 Å².